The molecule has 2 N–H and O–H groups in total. The van der Waals surface area contributed by atoms with Crippen LogP contribution in [-0.4, -0.2) is 21.9 Å². The van der Waals surface area contributed by atoms with Crippen LogP contribution in [0.5, 0.6) is 11.5 Å². The Hall–Kier alpha value is -2.79. The number of phenolic OH excluding ortho intramolecular Hbond substituents is 1. The molecule has 3 aromatic rings. The lowest BCUT2D eigenvalue weighted by atomic mass is 9.95. The molecular formula is C23H24O5. The number of rotatable bonds is 3. The monoisotopic (exact) mass is 380 g/mol. The zero-order valence-electron chi connectivity index (χ0n) is 16.5. The molecule has 1 aromatic heterocycles. The summed E-state index contributed by atoms with van der Waals surface area (Å²) in [4.78, 5) is 13.1. The molecule has 4 rings (SSSR count). The maximum absolute atomic E-state index is 13.1. The molecule has 0 amide bonds. The highest BCUT2D eigenvalue weighted by molar-refractivity contribution is 5.93. The molecule has 5 heteroatoms. The maximum atomic E-state index is 13.1. The van der Waals surface area contributed by atoms with Gasteiger partial charge in [-0.1, -0.05) is 11.6 Å². The van der Waals surface area contributed by atoms with Gasteiger partial charge in [0.2, 0.25) is 5.43 Å². The van der Waals surface area contributed by atoms with Crippen molar-refractivity contribution in [3.05, 3.63) is 57.3 Å². The van der Waals surface area contributed by atoms with Crippen molar-refractivity contribution < 1.29 is 19.4 Å². The van der Waals surface area contributed by atoms with E-state index >= 15 is 0 Å². The van der Waals surface area contributed by atoms with Crippen LogP contribution in [0.25, 0.3) is 21.9 Å². The van der Waals surface area contributed by atoms with Crippen LogP contribution in [0.15, 0.2) is 45.1 Å². The van der Waals surface area contributed by atoms with Crippen LogP contribution in [0.3, 0.4) is 0 Å². The van der Waals surface area contributed by atoms with Gasteiger partial charge in [0, 0.05) is 12.0 Å². The molecule has 0 aliphatic carbocycles. The van der Waals surface area contributed by atoms with E-state index in [1.54, 1.807) is 26.0 Å². The molecular weight excluding hydrogens is 356 g/mol. The van der Waals surface area contributed by atoms with E-state index in [-0.39, 0.29) is 11.2 Å². The van der Waals surface area contributed by atoms with E-state index < -0.39 is 11.7 Å². The van der Waals surface area contributed by atoms with Crippen LogP contribution >= 0.6 is 0 Å². The SMILES string of the molecule is CC(C)=CCc1c2c(cc3c(=O)c4cc(O)ccc4oc13)CC(C(C)(C)O)O2. The van der Waals surface area contributed by atoms with E-state index in [2.05, 4.69) is 6.08 Å². The van der Waals surface area contributed by atoms with Crippen molar-refractivity contribution >= 4 is 21.9 Å². The van der Waals surface area contributed by atoms with Gasteiger partial charge in [-0.05, 0) is 63.9 Å². The van der Waals surface area contributed by atoms with E-state index in [4.69, 9.17) is 9.15 Å². The lowest BCUT2D eigenvalue weighted by molar-refractivity contribution is -0.0231. The van der Waals surface area contributed by atoms with Gasteiger partial charge in [-0.2, -0.15) is 0 Å². The number of hydrogen-bond acceptors (Lipinski definition) is 5. The molecule has 0 spiro atoms. The van der Waals surface area contributed by atoms with Crippen LogP contribution in [0.1, 0.15) is 38.8 Å². The molecule has 0 radical (unpaired) electrons. The Morgan fingerprint density at radius 1 is 1.25 bits per heavy atom. The number of allylic oxidation sites excluding steroid dienone is 2. The standard InChI is InChI=1S/C23H24O5/c1-12(2)5-7-15-21-13(10-19(28-21)23(3,4)26)9-17-20(25)16-11-14(24)6-8-18(16)27-22(15)17/h5-6,8-9,11,19,24,26H,7,10H2,1-4H3. The molecule has 1 atom stereocenters. The zero-order chi connectivity index (χ0) is 20.2. The summed E-state index contributed by atoms with van der Waals surface area (Å²) in [5, 5.41) is 21.0. The van der Waals surface area contributed by atoms with Crippen LogP contribution in [0.2, 0.25) is 0 Å². The first kappa shape index (κ1) is 18.6. The topological polar surface area (TPSA) is 79.9 Å². The Balaban J connectivity index is 2.04. The predicted octanol–water partition coefficient (Wildman–Crippen LogP) is 4.23. The van der Waals surface area contributed by atoms with Crippen LogP contribution in [-0.2, 0) is 12.8 Å². The van der Waals surface area contributed by atoms with Gasteiger partial charge in [-0.25, -0.2) is 0 Å². The summed E-state index contributed by atoms with van der Waals surface area (Å²) in [6.45, 7) is 7.47. The number of hydrogen-bond donors (Lipinski definition) is 2. The Morgan fingerprint density at radius 2 is 2.00 bits per heavy atom. The summed E-state index contributed by atoms with van der Waals surface area (Å²) in [5.41, 5.74) is 2.58. The third kappa shape index (κ3) is 3.06. The Bertz CT molecular complexity index is 1170. The quantitative estimate of drug-likeness (QED) is 0.525. The summed E-state index contributed by atoms with van der Waals surface area (Å²) >= 11 is 0. The molecule has 0 bridgehead atoms. The molecule has 0 saturated carbocycles. The minimum Gasteiger partial charge on any atom is -0.508 e. The zero-order valence-corrected chi connectivity index (χ0v) is 16.5. The lowest BCUT2D eigenvalue weighted by Crippen LogP contribution is -2.39. The molecule has 28 heavy (non-hydrogen) atoms. The number of ether oxygens (including phenoxy) is 1. The fraction of sp³-hybridized carbons (Fsp3) is 0.348. The first-order valence-electron chi connectivity index (χ1n) is 9.42. The van der Waals surface area contributed by atoms with E-state index in [9.17, 15) is 15.0 Å². The van der Waals surface area contributed by atoms with Gasteiger partial charge >= 0.3 is 0 Å². The van der Waals surface area contributed by atoms with E-state index in [1.807, 2.05) is 13.8 Å². The van der Waals surface area contributed by atoms with Gasteiger partial charge in [0.05, 0.1) is 16.4 Å². The molecule has 1 unspecified atom stereocenters. The normalized spacial score (nSPS) is 16.2. The van der Waals surface area contributed by atoms with Crippen molar-refractivity contribution in [3.63, 3.8) is 0 Å². The molecule has 1 aliphatic rings. The minimum absolute atomic E-state index is 0.0236. The lowest BCUT2D eigenvalue weighted by Gasteiger charge is -2.25. The largest absolute Gasteiger partial charge is 0.508 e. The van der Waals surface area contributed by atoms with Crippen LogP contribution < -0.4 is 10.2 Å². The Labute approximate surface area is 162 Å². The van der Waals surface area contributed by atoms with E-state index in [1.165, 1.54) is 12.1 Å². The van der Waals surface area contributed by atoms with E-state index in [0.29, 0.717) is 40.5 Å². The van der Waals surface area contributed by atoms with Crippen molar-refractivity contribution in [2.75, 3.05) is 0 Å². The van der Waals surface area contributed by atoms with Gasteiger partial charge < -0.3 is 19.4 Å². The van der Waals surface area contributed by atoms with Gasteiger partial charge in [0.15, 0.2) is 0 Å². The third-order valence-electron chi connectivity index (χ3n) is 5.24. The highest BCUT2D eigenvalue weighted by atomic mass is 16.5. The third-order valence-corrected chi connectivity index (χ3v) is 5.24. The summed E-state index contributed by atoms with van der Waals surface area (Å²) in [5.74, 6) is 0.717. The molecule has 2 heterocycles. The van der Waals surface area contributed by atoms with Crippen LogP contribution in [0, 0.1) is 0 Å². The Kier molecular flexibility index (Phi) is 4.23. The number of fused-ring (bicyclic) bond motifs is 3. The fourth-order valence-corrected chi connectivity index (χ4v) is 3.66. The van der Waals surface area contributed by atoms with Crippen molar-refractivity contribution in [1.82, 2.24) is 0 Å². The van der Waals surface area contributed by atoms with E-state index in [0.717, 1.165) is 16.7 Å². The second-order valence-corrected chi connectivity index (χ2v) is 8.28. The number of aromatic hydroxyl groups is 1. The highest BCUT2D eigenvalue weighted by Gasteiger charge is 2.37. The predicted molar refractivity (Wildman–Crippen MR) is 109 cm³/mol. The van der Waals surface area contributed by atoms with Crippen molar-refractivity contribution in [2.24, 2.45) is 0 Å². The molecule has 1 aliphatic heterocycles. The minimum atomic E-state index is -1.01. The average Bonchev–Trinajstić information content (AvgIpc) is 3.04. The summed E-state index contributed by atoms with van der Waals surface area (Å²) < 4.78 is 12.2. The molecule has 0 fully saturated rings. The second kappa shape index (κ2) is 6.38. The average molecular weight is 380 g/mol. The number of phenols is 1. The second-order valence-electron chi connectivity index (χ2n) is 8.28. The molecule has 2 aromatic carbocycles. The number of aliphatic hydroxyl groups is 1. The van der Waals surface area contributed by atoms with Crippen molar-refractivity contribution in [3.8, 4) is 11.5 Å². The molecule has 5 nitrogen and oxygen atoms in total. The summed E-state index contributed by atoms with van der Waals surface area (Å²) in [6, 6.07) is 6.34. The summed E-state index contributed by atoms with van der Waals surface area (Å²) in [7, 11) is 0. The van der Waals surface area contributed by atoms with Crippen LogP contribution in [0.4, 0.5) is 0 Å². The first-order chi connectivity index (χ1) is 13.1. The smallest absolute Gasteiger partial charge is 0.200 e. The fourth-order valence-electron chi connectivity index (χ4n) is 3.66. The maximum Gasteiger partial charge on any atom is 0.200 e. The van der Waals surface area contributed by atoms with Crippen molar-refractivity contribution in [2.45, 2.75) is 52.2 Å². The first-order valence-corrected chi connectivity index (χ1v) is 9.42. The van der Waals surface area contributed by atoms with Gasteiger partial charge in [0.1, 0.15) is 28.8 Å². The molecule has 146 valence electrons. The van der Waals surface area contributed by atoms with Crippen molar-refractivity contribution in [1.29, 1.82) is 0 Å². The summed E-state index contributed by atoms with van der Waals surface area (Å²) in [6.07, 6.45) is 2.76. The Morgan fingerprint density at radius 3 is 2.68 bits per heavy atom. The van der Waals surface area contributed by atoms with Gasteiger partial charge in [-0.3, -0.25) is 4.79 Å². The molecule has 0 saturated heterocycles. The number of benzene rings is 2. The van der Waals surface area contributed by atoms with Gasteiger partial charge in [-0.15, -0.1) is 0 Å². The highest BCUT2D eigenvalue weighted by Crippen LogP contribution is 2.41. The van der Waals surface area contributed by atoms with Gasteiger partial charge in [0.25, 0.3) is 0 Å².